The number of hydrogen-bond acceptors (Lipinski definition) is 4. The van der Waals surface area contributed by atoms with Crippen LogP contribution in [0, 0.1) is 15.9 Å². The van der Waals surface area contributed by atoms with Gasteiger partial charge in [0.1, 0.15) is 5.82 Å². The molecule has 0 radical (unpaired) electrons. The van der Waals surface area contributed by atoms with Crippen molar-refractivity contribution in [3.63, 3.8) is 0 Å². The SMILES string of the molecule is CNC(=O)CCN(C)c1cc(F)cc([N+](=O)[O-])c1. The van der Waals surface area contributed by atoms with Crippen LogP contribution >= 0.6 is 0 Å². The molecule has 18 heavy (non-hydrogen) atoms. The Morgan fingerprint density at radius 3 is 2.72 bits per heavy atom. The van der Waals surface area contributed by atoms with Crippen molar-refractivity contribution in [2.24, 2.45) is 0 Å². The number of carbonyl (C=O) groups is 1. The van der Waals surface area contributed by atoms with E-state index < -0.39 is 10.7 Å². The zero-order chi connectivity index (χ0) is 13.7. The number of amides is 1. The molecule has 1 amide bonds. The van der Waals surface area contributed by atoms with Gasteiger partial charge < -0.3 is 10.2 Å². The number of benzene rings is 1. The van der Waals surface area contributed by atoms with E-state index in [0.717, 1.165) is 6.07 Å². The van der Waals surface area contributed by atoms with Crippen molar-refractivity contribution in [3.8, 4) is 0 Å². The first-order valence-electron chi connectivity index (χ1n) is 5.30. The number of anilines is 1. The Morgan fingerprint density at radius 2 is 2.17 bits per heavy atom. The zero-order valence-electron chi connectivity index (χ0n) is 10.1. The van der Waals surface area contributed by atoms with E-state index in [0.29, 0.717) is 12.2 Å². The summed E-state index contributed by atoms with van der Waals surface area (Å²) in [5.41, 5.74) is 0.0578. The predicted octanol–water partition coefficient (Wildman–Crippen LogP) is 1.31. The van der Waals surface area contributed by atoms with Crippen molar-refractivity contribution in [2.45, 2.75) is 6.42 Å². The maximum absolute atomic E-state index is 13.2. The van der Waals surface area contributed by atoms with Crippen LogP contribution in [0.4, 0.5) is 15.8 Å². The first-order chi connectivity index (χ1) is 8.43. The fourth-order valence-corrected chi connectivity index (χ4v) is 1.41. The van der Waals surface area contributed by atoms with Gasteiger partial charge in [-0.25, -0.2) is 4.39 Å². The highest BCUT2D eigenvalue weighted by Gasteiger charge is 2.12. The second kappa shape index (κ2) is 5.95. The molecule has 1 aromatic carbocycles. The number of rotatable bonds is 5. The van der Waals surface area contributed by atoms with E-state index in [1.54, 1.807) is 11.9 Å². The van der Waals surface area contributed by atoms with E-state index in [1.165, 1.54) is 19.2 Å². The summed E-state index contributed by atoms with van der Waals surface area (Å²) >= 11 is 0. The monoisotopic (exact) mass is 255 g/mol. The van der Waals surface area contributed by atoms with Crippen LogP contribution in [-0.4, -0.2) is 31.5 Å². The molecule has 0 bridgehead atoms. The van der Waals surface area contributed by atoms with E-state index in [1.807, 2.05) is 0 Å². The van der Waals surface area contributed by atoms with Crippen LogP contribution < -0.4 is 10.2 Å². The third kappa shape index (κ3) is 3.69. The Balaban J connectivity index is 2.82. The Hall–Kier alpha value is -2.18. The summed E-state index contributed by atoms with van der Waals surface area (Å²) in [4.78, 5) is 22.6. The van der Waals surface area contributed by atoms with Gasteiger partial charge in [0.15, 0.2) is 0 Å². The van der Waals surface area contributed by atoms with Crippen LogP contribution in [0.15, 0.2) is 18.2 Å². The summed E-state index contributed by atoms with van der Waals surface area (Å²) in [6, 6.07) is 3.32. The van der Waals surface area contributed by atoms with Crippen molar-refractivity contribution in [1.82, 2.24) is 5.32 Å². The second-order valence-corrected chi connectivity index (χ2v) is 3.77. The van der Waals surface area contributed by atoms with E-state index in [2.05, 4.69) is 5.32 Å². The third-order valence-electron chi connectivity index (χ3n) is 2.47. The molecule has 0 aliphatic rings. The van der Waals surface area contributed by atoms with Crippen LogP contribution in [-0.2, 0) is 4.79 Å². The molecule has 0 aliphatic heterocycles. The second-order valence-electron chi connectivity index (χ2n) is 3.77. The fraction of sp³-hybridized carbons (Fsp3) is 0.364. The first kappa shape index (κ1) is 13.9. The third-order valence-corrected chi connectivity index (χ3v) is 2.47. The summed E-state index contributed by atoms with van der Waals surface area (Å²) in [6.07, 6.45) is 0.233. The summed E-state index contributed by atoms with van der Waals surface area (Å²) in [5.74, 6) is -0.821. The molecule has 0 aromatic heterocycles. The highest BCUT2D eigenvalue weighted by Crippen LogP contribution is 2.22. The molecule has 0 saturated carbocycles. The first-order valence-corrected chi connectivity index (χ1v) is 5.30. The van der Waals surface area contributed by atoms with Gasteiger partial charge in [0.25, 0.3) is 5.69 Å². The Labute approximate surface area is 104 Å². The van der Waals surface area contributed by atoms with Crippen LogP contribution in [0.3, 0.4) is 0 Å². The molecule has 1 aromatic rings. The number of nitro groups is 1. The van der Waals surface area contributed by atoms with Gasteiger partial charge in [-0.1, -0.05) is 0 Å². The molecule has 1 N–H and O–H groups in total. The van der Waals surface area contributed by atoms with Crippen molar-refractivity contribution < 1.29 is 14.1 Å². The van der Waals surface area contributed by atoms with Crippen molar-refractivity contribution in [1.29, 1.82) is 0 Å². The van der Waals surface area contributed by atoms with Crippen LogP contribution in [0.1, 0.15) is 6.42 Å². The number of nitrogens with one attached hydrogen (secondary N) is 1. The summed E-state index contributed by atoms with van der Waals surface area (Å²) < 4.78 is 13.2. The average Bonchev–Trinajstić information content (AvgIpc) is 2.34. The smallest absolute Gasteiger partial charge is 0.274 e. The standard InChI is InChI=1S/C11H14FN3O3/c1-13-11(16)3-4-14(2)9-5-8(12)6-10(7-9)15(17)18/h5-7H,3-4H2,1-2H3,(H,13,16). The molecule has 0 aliphatic carbocycles. The Bertz CT molecular complexity index is 465. The van der Waals surface area contributed by atoms with E-state index in [9.17, 15) is 19.3 Å². The summed E-state index contributed by atoms with van der Waals surface area (Å²) in [6.45, 7) is 0.348. The lowest BCUT2D eigenvalue weighted by Gasteiger charge is -2.18. The molecular formula is C11H14FN3O3. The largest absolute Gasteiger partial charge is 0.374 e. The Kier molecular flexibility index (Phi) is 4.59. The lowest BCUT2D eigenvalue weighted by molar-refractivity contribution is -0.385. The zero-order valence-corrected chi connectivity index (χ0v) is 10.1. The van der Waals surface area contributed by atoms with Gasteiger partial charge in [0, 0.05) is 38.8 Å². The summed E-state index contributed by atoms with van der Waals surface area (Å²) in [7, 11) is 3.16. The van der Waals surface area contributed by atoms with E-state index in [4.69, 9.17) is 0 Å². The Morgan fingerprint density at radius 1 is 1.50 bits per heavy atom. The minimum Gasteiger partial charge on any atom is -0.374 e. The predicted molar refractivity (Wildman–Crippen MR) is 65.0 cm³/mol. The highest BCUT2D eigenvalue weighted by molar-refractivity contribution is 5.76. The minimum atomic E-state index is -0.675. The number of non-ortho nitro benzene ring substituents is 1. The van der Waals surface area contributed by atoms with Gasteiger partial charge in [0.2, 0.25) is 5.91 Å². The van der Waals surface area contributed by atoms with Gasteiger partial charge in [-0.3, -0.25) is 14.9 Å². The van der Waals surface area contributed by atoms with Crippen LogP contribution in [0.5, 0.6) is 0 Å². The lowest BCUT2D eigenvalue weighted by atomic mass is 10.2. The maximum atomic E-state index is 13.2. The molecule has 0 atom stereocenters. The summed E-state index contributed by atoms with van der Waals surface area (Å²) in [5, 5.41) is 13.1. The molecular weight excluding hydrogens is 241 g/mol. The van der Waals surface area contributed by atoms with E-state index in [-0.39, 0.29) is 18.0 Å². The topological polar surface area (TPSA) is 75.5 Å². The molecule has 0 spiro atoms. The molecule has 98 valence electrons. The molecule has 0 saturated heterocycles. The number of halogens is 1. The highest BCUT2D eigenvalue weighted by atomic mass is 19.1. The number of nitrogens with zero attached hydrogens (tertiary/aromatic N) is 2. The quantitative estimate of drug-likeness (QED) is 0.635. The van der Waals surface area contributed by atoms with Crippen molar-refractivity contribution in [2.75, 3.05) is 25.5 Å². The lowest BCUT2D eigenvalue weighted by Crippen LogP contribution is -2.26. The van der Waals surface area contributed by atoms with Gasteiger partial charge in [-0.2, -0.15) is 0 Å². The van der Waals surface area contributed by atoms with Crippen molar-refractivity contribution >= 4 is 17.3 Å². The van der Waals surface area contributed by atoms with Gasteiger partial charge in [-0.15, -0.1) is 0 Å². The molecule has 7 heteroatoms. The van der Waals surface area contributed by atoms with Gasteiger partial charge in [0.05, 0.1) is 11.0 Å². The van der Waals surface area contributed by atoms with E-state index >= 15 is 0 Å². The van der Waals surface area contributed by atoms with Gasteiger partial charge >= 0.3 is 0 Å². The molecule has 1 rings (SSSR count). The molecule has 6 nitrogen and oxygen atoms in total. The molecule has 0 fully saturated rings. The normalized spacial score (nSPS) is 9.94. The van der Waals surface area contributed by atoms with Gasteiger partial charge in [-0.05, 0) is 6.07 Å². The maximum Gasteiger partial charge on any atom is 0.274 e. The number of carbonyl (C=O) groups excluding carboxylic acids is 1. The van der Waals surface area contributed by atoms with Crippen molar-refractivity contribution in [3.05, 3.63) is 34.1 Å². The van der Waals surface area contributed by atoms with Crippen LogP contribution in [0.2, 0.25) is 0 Å². The average molecular weight is 255 g/mol. The number of hydrogen-bond donors (Lipinski definition) is 1. The molecule has 0 unspecified atom stereocenters. The molecule has 0 heterocycles. The number of nitro benzene ring substituents is 1. The fourth-order valence-electron chi connectivity index (χ4n) is 1.41. The van der Waals surface area contributed by atoms with Crippen LogP contribution in [0.25, 0.3) is 0 Å². The minimum absolute atomic E-state index is 0.146.